The maximum atomic E-state index is 5.79. The van der Waals surface area contributed by atoms with Gasteiger partial charge in [0.2, 0.25) is 0 Å². The molecular weight excluding hydrogens is 280 g/mol. The van der Waals surface area contributed by atoms with Crippen LogP contribution < -0.4 is 4.74 Å². The number of rotatable bonds is 3. The van der Waals surface area contributed by atoms with Crippen molar-refractivity contribution in [3.63, 3.8) is 0 Å². The minimum atomic E-state index is 0.314. The van der Waals surface area contributed by atoms with Crippen LogP contribution in [-0.2, 0) is 0 Å². The van der Waals surface area contributed by atoms with Crippen molar-refractivity contribution < 1.29 is 4.74 Å². The number of aryl methyl sites for hydroxylation is 1. The first kappa shape index (κ1) is 12.2. The van der Waals surface area contributed by atoms with Crippen molar-refractivity contribution in [2.45, 2.75) is 26.8 Å². The quantitative estimate of drug-likeness (QED) is 0.842. The smallest absolute Gasteiger partial charge is 0.303 e. The fourth-order valence-electron chi connectivity index (χ4n) is 1.58. The number of ether oxygens (including phenoxy) is 1. The van der Waals surface area contributed by atoms with E-state index in [4.69, 9.17) is 4.74 Å². The molecule has 0 radical (unpaired) electrons. The molecule has 3 nitrogen and oxygen atoms in total. The Hall–Kier alpha value is -1.29. The van der Waals surface area contributed by atoms with Gasteiger partial charge in [0.15, 0.2) is 0 Å². The molecule has 17 heavy (non-hydrogen) atoms. The molecule has 1 heterocycles. The topological polar surface area (TPSA) is 27.1 Å². The van der Waals surface area contributed by atoms with E-state index in [1.165, 1.54) is 5.56 Å². The molecule has 2 aromatic rings. The average molecular weight is 295 g/mol. The molecule has 2 rings (SSSR count). The third-order valence-corrected chi connectivity index (χ3v) is 2.81. The van der Waals surface area contributed by atoms with Crippen LogP contribution in [0, 0.1) is 6.92 Å². The predicted octanol–water partition coefficient (Wildman–Crippen LogP) is 4.33. The Morgan fingerprint density at radius 3 is 2.76 bits per heavy atom. The molecule has 0 bridgehead atoms. The molecule has 4 heteroatoms. The van der Waals surface area contributed by atoms with E-state index in [1.807, 2.05) is 42.0 Å². The monoisotopic (exact) mass is 294 g/mol. The van der Waals surface area contributed by atoms with Crippen molar-refractivity contribution in [3.05, 3.63) is 40.6 Å². The molecule has 0 unspecified atom stereocenters. The van der Waals surface area contributed by atoms with Gasteiger partial charge in [-0.05, 0) is 54.4 Å². The van der Waals surface area contributed by atoms with Crippen molar-refractivity contribution in [3.8, 4) is 11.8 Å². The minimum Gasteiger partial charge on any atom is -0.425 e. The highest BCUT2D eigenvalue weighted by Gasteiger charge is 2.11. The molecule has 90 valence electrons. The van der Waals surface area contributed by atoms with Crippen LogP contribution in [0.4, 0.5) is 0 Å². The minimum absolute atomic E-state index is 0.314. The lowest BCUT2D eigenvalue weighted by Crippen LogP contribution is -2.02. The summed E-state index contributed by atoms with van der Waals surface area (Å²) in [6.45, 7) is 6.23. The summed E-state index contributed by atoms with van der Waals surface area (Å²) in [5.41, 5.74) is 1.17. The van der Waals surface area contributed by atoms with E-state index in [2.05, 4.69) is 34.8 Å². The lowest BCUT2D eigenvalue weighted by molar-refractivity contribution is 0.395. The van der Waals surface area contributed by atoms with Crippen molar-refractivity contribution in [2.24, 2.45) is 0 Å². The Kier molecular flexibility index (Phi) is 3.52. The summed E-state index contributed by atoms with van der Waals surface area (Å²) < 4.78 is 8.57. The SMILES string of the molecule is Cc1cccc(Oc2nc(Br)cn2C(C)C)c1. The van der Waals surface area contributed by atoms with E-state index in [0.717, 1.165) is 10.4 Å². The molecule has 0 saturated heterocycles. The number of hydrogen-bond acceptors (Lipinski definition) is 2. The number of nitrogens with zero attached hydrogens (tertiary/aromatic N) is 2. The van der Waals surface area contributed by atoms with Crippen LogP contribution in [0.25, 0.3) is 0 Å². The zero-order chi connectivity index (χ0) is 12.4. The van der Waals surface area contributed by atoms with Crippen LogP contribution in [0.1, 0.15) is 25.5 Å². The summed E-state index contributed by atoms with van der Waals surface area (Å²) in [6, 6.07) is 8.86. The highest BCUT2D eigenvalue weighted by molar-refractivity contribution is 9.10. The van der Waals surface area contributed by atoms with Gasteiger partial charge < -0.3 is 4.74 Å². The molecule has 0 atom stereocenters. The van der Waals surface area contributed by atoms with Gasteiger partial charge in [-0.3, -0.25) is 4.57 Å². The molecule has 0 N–H and O–H groups in total. The predicted molar refractivity (Wildman–Crippen MR) is 71.6 cm³/mol. The number of benzene rings is 1. The van der Waals surface area contributed by atoms with E-state index in [-0.39, 0.29) is 0 Å². The molecule has 0 aliphatic heterocycles. The summed E-state index contributed by atoms with van der Waals surface area (Å²) >= 11 is 3.37. The molecule has 0 spiro atoms. The Morgan fingerprint density at radius 2 is 2.12 bits per heavy atom. The standard InChI is InChI=1S/C13H15BrN2O/c1-9(2)16-8-12(14)15-13(16)17-11-6-4-5-10(3)7-11/h4-9H,1-3H3. The van der Waals surface area contributed by atoms with Crippen LogP contribution in [0.15, 0.2) is 35.1 Å². The van der Waals surface area contributed by atoms with E-state index in [9.17, 15) is 0 Å². The number of hydrogen-bond donors (Lipinski definition) is 0. The average Bonchev–Trinajstić information content (AvgIpc) is 2.59. The maximum absolute atomic E-state index is 5.79. The Balaban J connectivity index is 2.29. The molecule has 0 aliphatic carbocycles. The van der Waals surface area contributed by atoms with Gasteiger partial charge in [-0.25, -0.2) is 0 Å². The van der Waals surface area contributed by atoms with E-state index >= 15 is 0 Å². The van der Waals surface area contributed by atoms with Crippen molar-refractivity contribution in [2.75, 3.05) is 0 Å². The fraction of sp³-hybridized carbons (Fsp3) is 0.308. The second-order valence-corrected chi connectivity index (χ2v) is 5.08. The molecule has 1 aromatic heterocycles. The van der Waals surface area contributed by atoms with Crippen LogP contribution >= 0.6 is 15.9 Å². The first-order chi connectivity index (χ1) is 8.06. The summed E-state index contributed by atoms with van der Waals surface area (Å²) in [7, 11) is 0. The molecule has 0 fully saturated rings. The summed E-state index contributed by atoms with van der Waals surface area (Å²) in [4.78, 5) is 4.31. The van der Waals surface area contributed by atoms with Crippen molar-refractivity contribution >= 4 is 15.9 Å². The molecule has 0 saturated carbocycles. The molecular formula is C13H15BrN2O. The zero-order valence-electron chi connectivity index (χ0n) is 10.1. The second kappa shape index (κ2) is 4.92. The summed E-state index contributed by atoms with van der Waals surface area (Å²) in [5, 5.41) is 0. The van der Waals surface area contributed by atoms with E-state index < -0.39 is 0 Å². The molecule has 0 amide bonds. The lowest BCUT2D eigenvalue weighted by Gasteiger charge is -2.11. The lowest BCUT2D eigenvalue weighted by atomic mass is 10.2. The van der Waals surface area contributed by atoms with Crippen LogP contribution in [0.5, 0.6) is 11.8 Å². The van der Waals surface area contributed by atoms with Crippen molar-refractivity contribution in [1.29, 1.82) is 0 Å². The normalized spacial score (nSPS) is 10.9. The highest BCUT2D eigenvalue weighted by Crippen LogP contribution is 2.26. The summed E-state index contributed by atoms with van der Waals surface area (Å²) in [6.07, 6.45) is 1.93. The van der Waals surface area contributed by atoms with Gasteiger partial charge in [0, 0.05) is 12.2 Å². The van der Waals surface area contributed by atoms with Gasteiger partial charge in [-0.15, -0.1) is 0 Å². The first-order valence-corrected chi connectivity index (χ1v) is 6.34. The highest BCUT2D eigenvalue weighted by atomic mass is 79.9. The van der Waals surface area contributed by atoms with Gasteiger partial charge in [0.1, 0.15) is 10.4 Å². The second-order valence-electron chi connectivity index (χ2n) is 4.27. The third kappa shape index (κ3) is 2.88. The Morgan fingerprint density at radius 1 is 1.35 bits per heavy atom. The number of aromatic nitrogens is 2. The molecule has 1 aromatic carbocycles. The summed E-state index contributed by atoms with van der Waals surface area (Å²) in [5.74, 6) is 0.810. The van der Waals surface area contributed by atoms with Gasteiger partial charge in [-0.1, -0.05) is 12.1 Å². The Bertz CT molecular complexity index is 520. The van der Waals surface area contributed by atoms with Gasteiger partial charge in [0.05, 0.1) is 0 Å². The third-order valence-electron chi connectivity index (χ3n) is 2.42. The largest absolute Gasteiger partial charge is 0.425 e. The fourth-order valence-corrected chi connectivity index (χ4v) is 1.95. The van der Waals surface area contributed by atoms with E-state index in [0.29, 0.717) is 12.1 Å². The van der Waals surface area contributed by atoms with Gasteiger partial charge in [-0.2, -0.15) is 4.98 Å². The van der Waals surface area contributed by atoms with Crippen LogP contribution in [0.3, 0.4) is 0 Å². The number of halogens is 1. The van der Waals surface area contributed by atoms with Crippen LogP contribution in [0.2, 0.25) is 0 Å². The maximum Gasteiger partial charge on any atom is 0.303 e. The zero-order valence-corrected chi connectivity index (χ0v) is 11.7. The van der Waals surface area contributed by atoms with Gasteiger partial charge >= 0.3 is 6.01 Å². The first-order valence-electron chi connectivity index (χ1n) is 5.55. The van der Waals surface area contributed by atoms with E-state index in [1.54, 1.807) is 0 Å². The number of imidazole rings is 1. The van der Waals surface area contributed by atoms with Crippen molar-refractivity contribution in [1.82, 2.24) is 9.55 Å². The van der Waals surface area contributed by atoms with Crippen LogP contribution in [-0.4, -0.2) is 9.55 Å². The van der Waals surface area contributed by atoms with Gasteiger partial charge in [0.25, 0.3) is 0 Å². The Labute approximate surface area is 110 Å². The molecule has 0 aliphatic rings.